The van der Waals surface area contributed by atoms with Gasteiger partial charge in [0, 0.05) is 6.07 Å². The zero-order valence-electron chi connectivity index (χ0n) is 8.17. The maximum absolute atomic E-state index is 12.3. The van der Waals surface area contributed by atoms with E-state index >= 15 is 0 Å². The number of hydrogen-bond donors (Lipinski definition) is 1. The summed E-state index contributed by atoms with van der Waals surface area (Å²) < 4.78 is 47.9. The molecule has 0 spiro atoms. The molecule has 0 heterocycles. The summed E-state index contributed by atoms with van der Waals surface area (Å²) >= 11 is -3.15. The second-order valence-corrected chi connectivity index (χ2v) is 5.10. The Hall–Kier alpha value is -0.880. The van der Waals surface area contributed by atoms with Crippen LogP contribution >= 0.6 is 0 Å². The van der Waals surface area contributed by atoms with E-state index in [0.717, 1.165) is 24.0 Å². The van der Waals surface area contributed by atoms with Crippen LogP contribution in [0, 0.1) is 0 Å². The predicted molar refractivity (Wildman–Crippen MR) is 52.6 cm³/mol. The largest absolute Gasteiger partial charge is 0.604 e. The minimum Gasteiger partial charge on any atom is -0.604 e. The van der Waals surface area contributed by atoms with Gasteiger partial charge in [-0.2, -0.15) is 0 Å². The number of aryl methyl sites for hydroxylation is 2. The van der Waals surface area contributed by atoms with Crippen LogP contribution in [0.5, 0.6) is 5.75 Å². The molecule has 1 atom stereocenters. The molecule has 1 aliphatic rings. The lowest BCUT2D eigenvalue weighted by Crippen LogP contribution is -2.23. The fourth-order valence-corrected chi connectivity index (χ4v) is 2.61. The van der Waals surface area contributed by atoms with Gasteiger partial charge in [-0.05, 0) is 36.5 Å². The van der Waals surface area contributed by atoms with Crippen molar-refractivity contribution in [2.45, 2.75) is 29.7 Å². The Morgan fingerprint density at radius 3 is 2.31 bits per heavy atom. The third-order valence-corrected chi connectivity index (χ3v) is 3.73. The van der Waals surface area contributed by atoms with E-state index in [4.69, 9.17) is 0 Å². The highest BCUT2D eigenvalue weighted by Gasteiger charge is 2.47. The summed E-state index contributed by atoms with van der Waals surface area (Å²) in [4.78, 5) is -0.534. The Labute approximate surface area is 93.3 Å². The maximum Gasteiger partial charge on any atom is 0.578 e. The lowest BCUT2D eigenvalue weighted by atomic mass is 10.1. The Bertz CT molecular complexity index is 417. The monoisotopic (exact) mass is 250 g/mol. The lowest BCUT2D eigenvalue weighted by Gasteiger charge is -2.14. The van der Waals surface area contributed by atoms with Crippen molar-refractivity contribution in [2.24, 2.45) is 0 Å². The molecule has 0 bridgehead atoms. The van der Waals surface area contributed by atoms with Crippen molar-refractivity contribution in [2.75, 3.05) is 0 Å². The highest BCUT2D eigenvalue weighted by Crippen LogP contribution is 2.38. The summed E-state index contributed by atoms with van der Waals surface area (Å²) in [5.74, 6) is -0.531. The van der Waals surface area contributed by atoms with Crippen LogP contribution in [0.15, 0.2) is 17.0 Å². The van der Waals surface area contributed by atoms with Crippen LogP contribution in [0.25, 0.3) is 0 Å². The molecule has 0 aliphatic heterocycles. The number of rotatable bonds is 1. The quantitative estimate of drug-likeness (QED) is 0.778. The second kappa shape index (κ2) is 3.85. The molecule has 88 valence electrons. The van der Waals surface area contributed by atoms with E-state index in [-0.39, 0.29) is 0 Å². The first-order valence-electron chi connectivity index (χ1n) is 4.73. The molecule has 1 unspecified atom stereocenters. The van der Waals surface area contributed by atoms with E-state index in [9.17, 15) is 22.8 Å². The first-order valence-corrected chi connectivity index (χ1v) is 5.88. The second-order valence-electron chi connectivity index (χ2n) is 3.66. The number of fused-ring (bicyclic) bond motifs is 1. The van der Waals surface area contributed by atoms with Gasteiger partial charge in [0.1, 0.15) is 11.2 Å². The average molecular weight is 250 g/mol. The lowest BCUT2D eigenvalue weighted by molar-refractivity contribution is -0.0436. The highest BCUT2D eigenvalue weighted by atomic mass is 32.2. The molecular weight excluding hydrogens is 241 g/mol. The predicted octanol–water partition coefficient (Wildman–Crippen LogP) is 2.51. The van der Waals surface area contributed by atoms with E-state index in [1.807, 2.05) is 0 Å². The molecule has 2 nitrogen and oxygen atoms in total. The van der Waals surface area contributed by atoms with Crippen LogP contribution < -0.4 is 0 Å². The van der Waals surface area contributed by atoms with E-state index in [2.05, 4.69) is 0 Å². The Morgan fingerprint density at radius 1 is 1.19 bits per heavy atom. The highest BCUT2D eigenvalue weighted by molar-refractivity contribution is 7.92. The van der Waals surface area contributed by atoms with Gasteiger partial charge in [-0.25, -0.2) is 0 Å². The minimum absolute atomic E-state index is 0.531. The van der Waals surface area contributed by atoms with Crippen molar-refractivity contribution in [1.82, 2.24) is 0 Å². The van der Waals surface area contributed by atoms with Crippen LogP contribution in [-0.4, -0.2) is 15.2 Å². The van der Waals surface area contributed by atoms with Crippen molar-refractivity contribution in [3.63, 3.8) is 0 Å². The van der Waals surface area contributed by atoms with E-state index in [1.54, 1.807) is 0 Å². The molecule has 0 fully saturated rings. The third kappa shape index (κ3) is 1.99. The van der Waals surface area contributed by atoms with Crippen LogP contribution in [0.2, 0.25) is 0 Å². The Balaban J connectivity index is 2.42. The summed E-state index contributed by atoms with van der Waals surface area (Å²) in [5, 5.41) is 9.42. The number of alkyl halides is 3. The van der Waals surface area contributed by atoms with Gasteiger partial charge in [0.05, 0.1) is 0 Å². The number of benzene rings is 1. The van der Waals surface area contributed by atoms with Gasteiger partial charge >= 0.3 is 5.51 Å². The molecule has 0 saturated heterocycles. The fraction of sp³-hybridized carbons (Fsp3) is 0.400. The van der Waals surface area contributed by atoms with Crippen LogP contribution in [0.1, 0.15) is 17.5 Å². The first kappa shape index (κ1) is 11.6. The third-order valence-electron chi connectivity index (χ3n) is 2.58. The maximum atomic E-state index is 12.3. The SMILES string of the molecule is [O-][S+](c1cc2c(cc1O)CCC2)C(F)(F)F. The Kier molecular flexibility index (Phi) is 2.79. The summed E-state index contributed by atoms with van der Waals surface area (Å²) in [6.45, 7) is 0. The molecule has 0 aromatic heterocycles. The molecule has 1 N–H and O–H groups in total. The van der Waals surface area contributed by atoms with Gasteiger partial charge in [0.2, 0.25) is 4.90 Å². The summed E-state index contributed by atoms with van der Waals surface area (Å²) in [5.41, 5.74) is -3.23. The van der Waals surface area contributed by atoms with Crippen LogP contribution in [0.3, 0.4) is 0 Å². The zero-order chi connectivity index (χ0) is 11.9. The molecular formula is C10H9F3O2S. The molecule has 0 amide bonds. The van der Waals surface area contributed by atoms with Crippen LogP contribution in [0.4, 0.5) is 13.2 Å². The normalized spacial score (nSPS) is 17.2. The fourth-order valence-electron chi connectivity index (χ4n) is 1.86. The van der Waals surface area contributed by atoms with Gasteiger partial charge in [-0.15, -0.1) is 13.2 Å². The molecule has 1 aromatic carbocycles. The van der Waals surface area contributed by atoms with E-state index < -0.39 is 27.3 Å². The molecule has 0 radical (unpaired) electrons. The Morgan fingerprint density at radius 2 is 1.75 bits per heavy atom. The topological polar surface area (TPSA) is 43.3 Å². The van der Waals surface area contributed by atoms with Crippen molar-refractivity contribution in [3.05, 3.63) is 23.3 Å². The van der Waals surface area contributed by atoms with Gasteiger partial charge in [0.15, 0.2) is 5.75 Å². The van der Waals surface area contributed by atoms with Crippen molar-refractivity contribution < 1.29 is 22.8 Å². The molecule has 16 heavy (non-hydrogen) atoms. The smallest absolute Gasteiger partial charge is 0.578 e. The van der Waals surface area contributed by atoms with E-state index in [0.29, 0.717) is 6.42 Å². The number of aromatic hydroxyl groups is 1. The number of halogens is 3. The molecule has 1 aliphatic carbocycles. The summed E-state index contributed by atoms with van der Waals surface area (Å²) in [6.07, 6.45) is 2.29. The first-order chi connectivity index (χ1) is 7.39. The number of hydrogen-bond acceptors (Lipinski definition) is 2. The number of phenolic OH excluding ortho intramolecular Hbond substituents is 1. The van der Waals surface area contributed by atoms with Crippen molar-refractivity contribution in [1.29, 1.82) is 0 Å². The van der Waals surface area contributed by atoms with Crippen molar-refractivity contribution >= 4 is 11.2 Å². The summed E-state index contributed by atoms with van der Waals surface area (Å²) in [6, 6.07) is 2.50. The average Bonchev–Trinajstić information content (AvgIpc) is 2.60. The number of phenols is 1. The minimum atomic E-state index is -4.83. The van der Waals surface area contributed by atoms with Gasteiger partial charge in [-0.1, -0.05) is 0 Å². The standard InChI is InChI=1S/C10H9F3O2S/c11-10(12,13)16(15)9-5-7-3-1-2-6(7)4-8(9)14/h4-5,14H,1-3H2. The van der Waals surface area contributed by atoms with Gasteiger partial charge < -0.3 is 9.66 Å². The molecule has 1 aromatic rings. The summed E-state index contributed by atoms with van der Waals surface area (Å²) in [7, 11) is 0. The molecule has 2 rings (SSSR count). The van der Waals surface area contributed by atoms with Crippen molar-refractivity contribution in [3.8, 4) is 5.75 Å². The van der Waals surface area contributed by atoms with Gasteiger partial charge in [-0.3, -0.25) is 0 Å². The molecule has 0 saturated carbocycles. The van der Waals surface area contributed by atoms with E-state index in [1.165, 1.54) is 12.1 Å². The van der Waals surface area contributed by atoms with Crippen LogP contribution in [-0.2, 0) is 24.0 Å². The zero-order valence-corrected chi connectivity index (χ0v) is 8.99. The molecule has 6 heteroatoms. The van der Waals surface area contributed by atoms with Gasteiger partial charge in [0.25, 0.3) is 0 Å².